The molecular formula is C25H30N4O5. The summed E-state index contributed by atoms with van der Waals surface area (Å²) in [4.78, 5) is 47.1. The summed E-state index contributed by atoms with van der Waals surface area (Å²) in [5.41, 5.74) is 2.90. The van der Waals surface area contributed by atoms with Crippen molar-refractivity contribution in [3.63, 3.8) is 0 Å². The largest absolute Gasteiger partial charge is 0.497 e. The lowest BCUT2D eigenvalue weighted by atomic mass is 9.90. The number of rotatable bonds is 8. The number of nitrogens with zero attached hydrogens (tertiary/aromatic N) is 3. The number of anilines is 1. The molecule has 2 aromatic rings. The van der Waals surface area contributed by atoms with Crippen LogP contribution in [-0.2, 0) is 25.6 Å². The minimum Gasteiger partial charge on any atom is -0.497 e. The lowest BCUT2D eigenvalue weighted by Gasteiger charge is -2.26. The van der Waals surface area contributed by atoms with E-state index in [1.165, 1.54) is 12.1 Å². The molecule has 4 rings (SSSR count). The maximum absolute atomic E-state index is 12.8. The summed E-state index contributed by atoms with van der Waals surface area (Å²) < 4.78 is 5.16. The number of nitrogens with one attached hydrogen (secondary N) is 1. The van der Waals surface area contributed by atoms with Crippen molar-refractivity contribution in [2.45, 2.75) is 18.6 Å². The van der Waals surface area contributed by atoms with E-state index in [-0.39, 0.29) is 24.3 Å². The minimum absolute atomic E-state index is 0.0833. The van der Waals surface area contributed by atoms with Gasteiger partial charge >= 0.3 is 0 Å². The van der Waals surface area contributed by atoms with Gasteiger partial charge in [-0.15, -0.1) is 0 Å². The highest BCUT2D eigenvalue weighted by molar-refractivity contribution is 6.07. The first-order valence-corrected chi connectivity index (χ1v) is 11.2. The van der Waals surface area contributed by atoms with E-state index in [1.807, 2.05) is 67.5 Å². The fourth-order valence-corrected chi connectivity index (χ4v) is 4.42. The van der Waals surface area contributed by atoms with Crippen molar-refractivity contribution < 1.29 is 24.0 Å². The molecule has 2 saturated heterocycles. The van der Waals surface area contributed by atoms with Crippen LogP contribution < -0.4 is 15.0 Å². The molecule has 1 N–H and O–H groups in total. The zero-order valence-corrected chi connectivity index (χ0v) is 19.9. The van der Waals surface area contributed by atoms with Crippen LogP contribution in [0.2, 0.25) is 0 Å². The molecule has 34 heavy (non-hydrogen) atoms. The first-order valence-electron chi connectivity index (χ1n) is 11.2. The molecule has 2 heterocycles. The van der Waals surface area contributed by atoms with E-state index >= 15 is 0 Å². The second kappa shape index (κ2) is 9.82. The Labute approximate surface area is 199 Å². The first-order chi connectivity index (χ1) is 16.3. The Bertz CT molecular complexity index is 1050. The Kier molecular flexibility index (Phi) is 6.85. The summed E-state index contributed by atoms with van der Waals surface area (Å²) in [5, 5.41) is 4.38. The van der Waals surface area contributed by atoms with Crippen molar-refractivity contribution in [3.05, 3.63) is 59.7 Å². The number of imide groups is 1. The predicted molar refractivity (Wildman–Crippen MR) is 126 cm³/mol. The minimum atomic E-state index is -0.914. The fraction of sp³-hybridized carbons (Fsp3) is 0.400. The number of ether oxygens (including phenoxy) is 1. The molecule has 9 heteroatoms. The number of hydroxylamine groups is 2. The Balaban J connectivity index is 1.44. The topological polar surface area (TPSA) is 91.4 Å². The predicted octanol–water partition coefficient (Wildman–Crippen LogP) is 1.39. The van der Waals surface area contributed by atoms with E-state index in [0.29, 0.717) is 13.0 Å². The molecule has 0 radical (unpaired) electrons. The number of hydrogen-bond acceptors (Lipinski definition) is 7. The fourth-order valence-electron chi connectivity index (χ4n) is 4.42. The van der Waals surface area contributed by atoms with Gasteiger partial charge in [0.05, 0.1) is 19.1 Å². The maximum Gasteiger partial charge on any atom is 0.261 e. The molecule has 0 aliphatic carbocycles. The normalized spacial score (nSPS) is 22.1. The molecule has 2 fully saturated rings. The highest BCUT2D eigenvalue weighted by Gasteiger charge is 2.58. The lowest BCUT2D eigenvalue weighted by Crippen LogP contribution is -2.40. The van der Waals surface area contributed by atoms with Crippen LogP contribution in [0.15, 0.2) is 48.5 Å². The van der Waals surface area contributed by atoms with Crippen LogP contribution in [0.1, 0.15) is 17.2 Å². The summed E-state index contributed by atoms with van der Waals surface area (Å²) in [6, 6.07) is 14.9. The number of likely N-dealkylation sites (tertiary alicyclic amines) is 1. The van der Waals surface area contributed by atoms with Gasteiger partial charge in [0.25, 0.3) is 5.91 Å². The van der Waals surface area contributed by atoms with Crippen molar-refractivity contribution in [1.82, 2.24) is 15.3 Å². The average molecular weight is 467 g/mol. The second-order valence-corrected chi connectivity index (χ2v) is 8.74. The maximum atomic E-state index is 12.8. The van der Waals surface area contributed by atoms with Crippen LogP contribution in [0.5, 0.6) is 5.75 Å². The molecule has 2 aliphatic rings. The van der Waals surface area contributed by atoms with Crippen molar-refractivity contribution in [2.75, 3.05) is 46.2 Å². The number of amides is 3. The van der Waals surface area contributed by atoms with Gasteiger partial charge in [-0.25, -0.2) is 0 Å². The summed E-state index contributed by atoms with van der Waals surface area (Å²) in [7, 11) is 6.97. The second-order valence-electron chi connectivity index (χ2n) is 8.74. The van der Waals surface area contributed by atoms with E-state index in [9.17, 15) is 14.4 Å². The number of carbonyl (C=O) groups excluding carboxylic acids is 3. The zero-order valence-electron chi connectivity index (χ0n) is 19.9. The SMILES string of the molecule is COc1ccc(CCNC(=O)CN2OC3C(=O)N(C)C(=O)C3C2c2ccc(N(C)C)cc2)cc1. The third kappa shape index (κ3) is 4.62. The Morgan fingerprint density at radius 3 is 2.35 bits per heavy atom. The van der Waals surface area contributed by atoms with Gasteiger partial charge in [0.1, 0.15) is 12.3 Å². The van der Waals surface area contributed by atoms with Gasteiger partial charge in [0, 0.05) is 33.4 Å². The molecule has 3 unspecified atom stereocenters. The van der Waals surface area contributed by atoms with E-state index in [0.717, 1.165) is 27.5 Å². The van der Waals surface area contributed by atoms with Gasteiger partial charge < -0.3 is 15.0 Å². The smallest absolute Gasteiger partial charge is 0.261 e. The van der Waals surface area contributed by atoms with Gasteiger partial charge in [-0.1, -0.05) is 24.3 Å². The monoisotopic (exact) mass is 466 g/mol. The molecule has 0 saturated carbocycles. The summed E-state index contributed by atoms with van der Waals surface area (Å²) in [6.07, 6.45) is -0.248. The highest BCUT2D eigenvalue weighted by Crippen LogP contribution is 2.44. The quantitative estimate of drug-likeness (QED) is 0.588. The molecule has 0 spiro atoms. The average Bonchev–Trinajstić information content (AvgIpc) is 3.30. The van der Waals surface area contributed by atoms with Crippen molar-refractivity contribution in [2.24, 2.45) is 5.92 Å². The van der Waals surface area contributed by atoms with Crippen LogP contribution >= 0.6 is 0 Å². The van der Waals surface area contributed by atoms with Gasteiger partial charge in [-0.05, 0) is 41.8 Å². The van der Waals surface area contributed by atoms with Crippen LogP contribution in [0.25, 0.3) is 0 Å². The molecular weight excluding hydrogens is 436 g/mol. The molecule has 9 nitrogen and oxygen atoms in total. The third-order valence-corrected chi connectivity index (χ3v) is 6.36. The van der Waals surface area contributed by atoms with Crippen LogP contribution in [-0.4, -0.2) is 75.1 Å². The number of likely N-dealkylation sites (N-methyl/N-ethyl adjacent to an activating group) is 1. The Morgan fingerprint density at radius 2 is 1.74 bits per heavy atom. The third-order valence-electron chi connectivity index (χ3n) is 6.36. The lowest BCUT2D eigenvalue weighted by molar-refractivity contribution is -0.181. The van der Waals surface area contributed by atoms with Crippen molar-refractivity contribution in [1.29, 1.82) is 0 Å². The van der Waals surface area contributed by atoms with Crippen LogP contribution in [0.3, 0.4) is 0 Å². The van der Waals surface area contributed by atoms with Gasteiger partial charge in [0.2, 0.25) is 11.8 Å². The Morgan fingerprint density at radius 1 is 1.06 bits per heavy atom. The number of fused-ring (bicyclic) bond motifs is 1. The summed E-state index contributed by atoms with van der Waals surface area (Å²) in [6.45, 7) is 0.370. The molecule has 180 valence electrons. The molecule has 2 aliphatic heterocycles. The molecule has 3 amide bonds. The van der Waals surface area contributed by atoms with Crippen LogP contribution in [0, 0.1) is 5.92 Å². The van der Waals surface area contributed by atoms with E-state index in [4.69, 9.17) is 9.57 Å². The van der Waals surface area contributed by atoms with E-state index in [2.05, 4.69) is 5.32 Å². The zero-order chi connectivity index (χ0) is 24.4. The number of methoxy groups -OCH3 is 1. The Hall–Kier alpha value is -3.43. The highest BCUT2D eigenvalue weighted by atomic mass is 16.7. The van der Waals surface area contributed by atoms with E-state index in [1.54, 1.807) is 7.11 Å². The summed E-state index contributed by atoms with van der Waals surface area (Å²) in [5.74, 6) is -0.818. The van der Waals surface area contributed by atoms with Crippen LogP contribution in [0.4, 0.5) is 5.69 Å². The summed E-state index contributed by atoms with van der Waals surface area (Å²) >= 11 is 0. The molecule has 0 aromatic heterocycles. The molecule has 2 aromatic carbocycles. The first kappa shape index (κ1) is 23.7. The number of benzene rings is 2. The number of hydrogen-bond donors (Lipinski definition) is 1. The molecule has 0 bridgehead atoms. The van der Waals surface area contributed by atoms with Gasteiger partial charge in [-0.3, -0.25) is 24.1 Å². The van der Waals surface area contributed by atoms with Gasteiger partial charge in [0.15, 0.2) is 6.10 Å². The van der Waals surface area contributed by atoms with Gasteiger partial charge in [-0.2, -0.15) is 5.06 Å². The number of carbonyl (C=O) groups is 3. The standard InChI is InChI=1S/C25H30N4O5/c1-27(2)18-9-7-17(8-10-18)22-21-23(25(32)28(3)24(21)31)34-29(22)15-20(30)26-14-13-16-5-11-19(33-4)12-6-16/h5-12,21-23H,13-15H2,1-4H3,(H,26,30). The molecule has 3 atom stereocenters. The van der Waals surface area contributed by atoms with E-state index < -0.39 is 18.1 Å². The van der Waals surface area contributed by atoms with Crippen molar-refractivity contribution >= 4 is 23.4 Å². The van der Waals surface area contributed by atoms with Crippen molar-refractivity contribution in [3.8, 4) is 5.75 Å².